The predicted molar refractivity (Wildman–Crippen MR) is 126 cm³/mol. The minimum atomic E-state index is -0.486. The third kappa shape index (κ3) is 7.69. The number of rotatable bonds is 6. The average molecular weight is 521 g/mol. The molecule has 1 aliphatic rings. The number of carbonyl (C=O) groups is 1. The summed E-state index contributed by atoms with van der Waals surface area (Å²) in [6, 6.07) is 3.94. The van der Waals surface area contributed by atoms with Gasteiger partial charge >= 0.3 is 6.09 Å². The van der Waals surface area contributed by atoms with Gasteiger partial charge < -0.3 is 24.7 Å². The van der Waals surface area contributed by atoms with Crippen molar-refractivity contribution in [1.29, 1.82) is 0 Å². The lowest BCUT2D eigenvalue weighted by atomic mass is 10.2. The van der Waals surface area contributed by atoms with Crippen molar-refractivity contribution in [2.24, 2.45) is 10.7 Å². The predicted octanol–water partition coefficient (Wildman–Crippen LogP) is 3.15. The minimum absolute atomic E-state index is 0. The van der Waals surface area contributed by atoms with Gasteiger partial charge in [-0.1, -0.05) is 13.8 Å². The second-order valence-corrected chi connectivity index (χ2v) is 7.91. The molecule has 0 radical (unpaired) electrons. The van der Waals surface area contributed by atoms with Crippen LogP contribution in [0.15, 0.2) is 27.8 Å². The van der Waals surface area contributed by atoms with E-state index in [1.807, 2.05) is 37.8 Å². The molecule has 1 aromatic rings. The van der Waals surface area contributed by atoms with E-state index in [9.17, 15) is 4.79 Å². The van der Waals surface area contributed by atoms with Crippen LogP contribution in [-0.2, 0) is 4.74 Å². The van der Waals surface area contributed by atoms with Gasteiger partial charge in [-0.2, -0.15) is 0 Å². The highest BCUT2D eigenvalue weighted by Crippen LogP contribution is 2.21. The van der Waals surface area contributed by atoms with Gasteiger partial charge in [-0.15, -0.1) is 24.0 Å². The molecule has 1 saturated heterocycles. The number of furan rings is 1. The minimum Gasteiger partial charge on any atom is -0.468 e. The van der Waals surface area contributed by atoms with Crippen molar-refractivity contribution in [3.05, 3.63) is 24.2 Å². The first-order valence-electron chi connectivity index (χ1n) is 10.0. The van der Waals surface area contributed by atoms with Crippen LogP contribution in [0, 0.1) is 0 Å². The first kappa shape index (κ1) is 25.5. The van der Waals surface area contributed by atoms with Crippen LogP contribution in [0.3, 0.4) is 0 Å². The lowest BCUT2D eigenvalue weighted by Crippen LogP contribution is -2.53. The molecule has 1 atom stereocenters. The summed E-state index contributed by atoms with van der Waals surface area (Å²) in [6.07, 6.45) is 1.41. The van der Waals surface area contributed by atoms with E-state index >= 15 is 0 Å². The molecule has 1 fully saturated rings. The molecule has 0 saturated carbocycles. The molecule has 1 aliphatic heterocycles. The zero-order chi connectivity index (χ0) is 20.7. The first-order chi connectivity index (χ1) is 13.2. The second-order valence-electron chi connectivity index (χ2n) is 7.91. The maximum absolute atomic E-state index is 12.2. The van der Waals surface area contributed by atoms with Gasteiger partial charge in [0.2, 0.25) is 0 Å². The van der Waals surface area contributed by atoms with E-state index in [1.165, 1.54) is 0 Å². The van der Waals surface area contributed by atoms with Crippen molar-refractivity contribution in [1.82, 2.24) is 14.7 Å². The molecule has 8 nitrogen and oxygen atoms in total. The summed E-state index contributed by atoms with van der Waals surface area (Å²) in [5.41, 5.74) is 5.76. The van der Waals surface area contributed by atoms with E-state index < -0.39 is 5.60 Å². The van der Waals surface area contributed by atoms with E-state index in [-0.39, 0.29) is 36.1 Å². The van der Waals surface area contributed by atoms with Gasteiger partial charge in [0, 0.05) is 26.2 Å². The number of nitrogens with zero attached hydrogens (tertiary/aromatic N) is 4. The fraction of sp³-hybridized carbons (Fsp3) is 0.700. The van der Waals surface area contributed by atoms with Crippen LogP contribution in [0.25, 0.3) is 0 Å². The molecule has 166 valence electrons. The molecule has 9 heteroatoms. The van der Waals surface area contributed by atoms with Crippen LogP contribution in [0.4, 0.5) is 4.79 Å². The van der Waals surface area contributed by atoms with Crippen LogP contribution < -0.4 is 5.73 Å². The van der Waals surface area contributed by atoms with Gasteiger partial charge in [-0.25, -0.2) is 4.79 Å². The third-order valence-electron chi connectivity index (χ3n) is 4.81. The zero-order valence-electron chi connectivity index (χ0n) is 18.3. The lowest BCUT2D eigenvalue weighted by molar-refractivity contribution is 0.0186. The number of ether oxygens (including phenoxy) is 1. The van der Waals surface area contributed by atoms with Gasteiger partial charge in [-0.05, 0) is 46.0 Å². The van der Waals surface area contributed by atoms with E-state index in [0.717, 1.165) is 18.8 Å². The number of likely N-dealkylation sites (N-methyl/N-ethyl adjacent to an activating group) is 1. The Bertz CT molecular complexity index is 633. The fourth-order valence-electron chi connectivity index (χ4n) is 3.26. The first-order valence-corrected chi connectivity index (χ1v) is 10.0. The SMILES string of the molecule is CCN(CC)C(CN=C(N)N1CCN(C(=O)OC(C)(C)C)CC1)c1ccco1.I. The fourth-order valence-corrected chi connectivity index (χ4v) is 3.26. The van der Waals surface area contributed by atoms with Gasteiger partial charge in [0.25, 0.3) is 0 Å². The number of carbonyl (C=O) groups excluding carboxylic acids is 1. The number of amides is 1. The summed E-state index contributed by atoms with van der Waals surface area (Å²) in [6.45, 7) is 14.7. The highest BCUT2D eigenvalue weighted by atomic mass is 127. The molecule has 0 spiro atoms. The van der Waals surface area contributed by atoms with Crippen molar-refractivity contribution in [2.45, 2.75) is 46.3 Å². The molecular formula is C20H36IN5O3. The van der Waals surface area contributed by atoms with E-state index in [1.54, 1.807) is 11.2 Å². The Morgan fingerprint density at radius 1 is 1.24 bits per heavy atom. The maximum atomic E-state index is 12.2. The average Bonchev–Trinajstić information content (AvgIpc) is 3.18. The van der Waals surface area contributed by atoms with Gasteiger partial charge in [-0.3, -0.25) is 9.89 Å². The van der Waals surface area contributed by atoms with Gasteiger partial charge in [0.05, 0.1) is 18.8 Å². The molecule has 0 aromatic carbocycles. The van der Waals surface area contributed by atoms with Crippen LogP contribution in [0.1, 0.15) is 46.4 Å². The van der Waals surface area contributed by atoms with E-state index in [4.69, 9.17) is 14.9 Å². The number of guanidine groups is 1. The molecule has 0 bridgehead atoms. The molecule has 1 amide bonds. The second kappa shape index (κ2) is 11.6. The summed E-state index contributed by atoms with van der Waals surface area (Å²) in [5.74, 6) is 1.41. The molecule has 0 aliphatic carbocycles. The Morgan fingerprint density at radius 3 is 2.31 bits per heavy atom. The lowest BCUT2D eigenvalue weighted by Gasteiger charge is -2.36. The van der Waals surface area contributed by atoms with E-state index in [0.29, 0.717) is 38.7 Å². The van der Waals surface area contributed by atoms with Crippen molar-refractivity contribution in [2.75, 3.05) is 45.8 Å². The normalized spacial score (nSPS) is 16.6. The molecule has 1 aromatic heterocycles. The highest BCUT2D eigenvalue weighted by molar-refractivity contribution is 14.0. The Hall–Kier alpha value is -1.49. The zero-order valence-corrected chi connectivity index (χ0v) is 20.6. The van der Waals surface area contributed by atoms with Crippen LogP contribution in [-0.4, -0.2) is 78.2 Å². The van der Waals surface area contributed by atoms with Crippen molar-refractivity contribution >= 4 is 36.0 Å². The number of aliphatic imine (C=N–C) groups is 1. The third-order valence-corrected chi connectivity index (χ3v) is 4.81. The monoisotopic (exact) mass is 521 g/mol. The Morgan fingerprint density at radius 2 is 1.83 bits per heavy atom. The Kier molecular flexibility index (Phi) is 10.2. The molecular weight excluding hydrogens is 485 g/mol. The number of halogens is 1. The summed E-state index contributed by atoms with van der Waals surface area (Å²) >= 11 is 0. The topological polar surface area (TPSA) is 87.5 Å². The number of hydrogen-bond acceptors (Lipinski definition) is 5. The number of nitrogens with two attached hydrogens (primary N) is 1. The number of piperazine rings is 1. The maximum Gasteiger partial charge on any atom is 0.410 e. The van der Waals surface area contributed by atoms with Crippen molar-refractivity contribution in [3.8, 4) is 0 Å². The van der Waals surface area contributed by atoms with Crippen molar-refractivity contribution in [3.63, 3.8) is 0 Å². The standard InChI is InChI=1S/C20H35N5O3.HI/c1-6-23(7-2)16(17-9-8-14-27-17)15-22-18(21)24-10-12-25(13-11-24)19(26)28-20(3,4)5;/h8-9,14,16H,6-7,10-13,15H2,1-5H3,(H2,21,22);1H. The summed E-state index contributed by atoms with van der Waals surface area (Å²) in [7, 11) is 0. The Balaban J connectivity index is 0.00000420. The summed E-state index contributed by atoms with van der Waals surface area (Å²) in [4.78, 5) is 22.9. The van der Waals surface area contributed by atoms with Crippen LogP contribution >= 0.6 is 24.0 Å². The smallest absolute Gasteiger partial charge is 0.410 e. The van der Waals surface area contributed by atoms with Crippen LogP contribution in [0.2, 0.25) is 0 Å². The quantitative estimate of drug-likeness (QED) is 0.352. The summed E-state index contributed by atoms with van der Waals surface area (Å²) in [5, 5.41) is 0. The highest BCUT2D eigenvalue weighted by Gasteiger charge is 2.27. The number of hydrogen-bond donors (Lipinski definition) is 1. The largest absolute Gasteiger partial charge is 0.468 e. The molecule has 1 unspecified atom stereocenters. The molecule has 2 rings (SSSR count). The van der Waals surface area contributed by atoms with Crippen LogP contribution in [0.5, 0.6) is 0 Å². The molecule has 2 heterocycles. The van der Waals surface area contributed by atoms with Gasteiger partial charge in [0.15, 0.2) is 5.96 Å². The van der Waals surface area contributed by atoms with Crippen molar-refractivity contribution < 1.29 is 13.9 Å². The Labute approximate surface area is 191 Å². The molecule has 2 N–H and O–H groups in total. The van der Waals surface area contributed by atoms with E-state index in [2.05, 4.69) is 23.7 Å². The molecule has 29 heavy (non-hydrogen) atoms. The van der Waals surface area contributed by atoms with Gasteiger partial charge in [0.1, 0.15) is 11.4 Å². The summed E-state index contributed by atoms with van der Waals surface area (Å²) < 4.78 is 11.1.